The van der Waals surface area contributed by atoms with Gasteiger partial charge in [0.15, 0.2) is 0 Å². The summed E-state index contributed by atoms with van der Waals surface area (Å²) in [6, 6.07) is 8.70. The van der Waals surface area contributed by atoms with Crippen molar-refractivity contribution < 1.29 is 19.0 Å². The molecule has 0 aliphatic heterocycles. The summed E-state index contributed by atoms with van der Waals surface area (Å²) < 4.78 is 16.3. The minimum Gasteiger partial charge on any atom is -0.497 e. The Morgan fingerprint density at radius 2 is 2.04 bits per heavy atom. The number of unbranched alkanes of at least 4 members (excludes halogenated alkanes) is 1. The second-order valence-electron chi connectivity index (χ2n) is 6.33. The van der Waals surface area contributed by atoms with Crippen LogP contribution in [0.3, 0.4) is 0 Å². The molecule has 1 unspecified atom stereocenters. The quantitative estimate of drug-likeness (QED) is 0.606. The predicted molar refractivity (Wildman–Crippen MR) is 108 cm³/mol. The Balaban J connectivity index is 1.94. The number of carbonyl (C=O) groups is 1. The van der Waals surface area contributed by atoms with Crippen molar-refractivity contribution in [3.05, 3.63) is 47.7 Å². The van der Waals surface area contributed by atoms with Crippen LogP contribution in [0.1, 0.15) is 43.9 Å². The highest BCUT2D eigenvalue weighted by Gasteiger charge is 2.15. The Morgan fingerprint density at radius 1 is 1.21 bits per heavy atom. The number of benzene rings is 1. The highest BCUT2D eigenvalue weighted by molar-refractivity contribution is 5.74. The number of aromatic nitrogens is 1. The highest BCUT2D eigenvalue weighted by atomic mass is 16.5. The van der Waals surface area contributed by atoms with Crippen LogP contribution in [0.25, 0.3) is 0 Å². The Morgan fingerprint density at radius 3 is 2.75 bits per heavy atom. The number of pyridine rings is 1. The second-order valence-corrected chi connectivity index (χ2v) is 6.33. The van der Waals surface area contributed by atoms with E-state index in [0.29, 0.717) is 30.5 Å². The number of ether oxygens (including phenoxy) is 3. The van der Waals surface area contributed by atoms with E-state index in [1.165, 1.54) is 0 Å². The summed E-state index contributed by atoms with van der Waals surface area (Å²) in [5.41, 5.74) is 1.70. The third-order valence-corrected chi connectivity index (χ3v) is 4.28. The summed E-state index contributed by atoms with van der Waals surface area (Å²) in [5, 5.41) is 5.77. The van der Waals surface area contributed by atoms with Gasteiger partial charge in [0.1, 0.15) is 11.5 Å². The zero-order valence-electron chi connectivity index (χ0n) is 17.0. The maximum Gasteiger partial charge on any atom is 0.315 e. The first-order valence-corrected chi connectivity index (χ1v) is 9.42. The molecule has 152 valence electrons. The zero-order chi connectivity index (χ0) is 20.4. The van der Waals surface area contributed by atoms with E-state index in [1.807, 2.05) is 31.2 Å². The van der Waals surface area contributed by atoms with E-state index in [1.54, 1.807) is 26.5 Å². The van der Waals surface area contributed by atoms with Crippen molar-refractivity contribution >= 4 is 6.03 Å². The summed E-state index contributed by atoms with van der Waals surface area (Å²) in [5.74, 6) is 1.91. The molecule has 2 aromatic rings. The van der Waals surface area contributed by atoms with E-state index < -0.39 is 0 Å². The fourth-order valence-electron chi connectivity index (χ4n) is 2.68. The van der Waals surface area contributed by atoms with Crippen LogP contribution in [0, 0.1) is 0 Å². The molecule has 0 saturated heterocycles. The van der Waals surface area contributed by atoms with Gasteiger partial charge in [-0.2, -0.15) is 0 Å². The van der Waals surface area contributed by atoms with Gasteiger partial charge in [-0.1, -0.05) is 19.4 Å². The first-order valence-electron chi connectivity index (χ1n) is 9.42. The van der Waals surface area contributed by atoms with Gasteiger partial charge in [-0.15, -0.1) is 0 Å². The number of amides is 2. The molecule has 1 aromatic carbocycles. The number of hydrogen-bond acceptors (Lipinski definition) is 5. The minimum absolute atomic E-state index is 0.241. The fraction of sp³-hybridized carbons (Fsp3) is 0.429. The summed E-state index contributed by atoms with van der Waals surface area (Å²) in [6.07, 6.45) is 3.70. The zero-order valence-corrected chi connectivity index (χ0v) is 17.0. The number of urea groups is 1. The monoisotopic (exact) mass is 387 g/mol. The molecule has 0 aliphatic carbocycles. The maximum absolute atomic E-state index is 12.3. The first kappa shape index (κ1) is 21.3. The normalized spacial score (nSPS) is 11.4. The van der Waals surface area contributed by atoms with Gasteiger partial charge in [-0.05, 0) is 31.5 Å². The molecular weight excluding hydrogens is 358 g/mol. The molecule has 0 radical (unpaired) electrons. The molecule has 2 N–H and O–H groups in total. The fourth-order valence-corrected chi connectivity index (χ4v) is 2.68. The number of carbonyl (C=O) groups excluding carboxylic acids is 1. The van der Waals surface area contributed by atoms with Gasteiger partial charge >= 0.3 is 6.03 Å². The highest BCUT2D eigenvalue weighted by Crippen LogP contribution is 2.29. The van der Waals surface area contributed by atoms with Crippen LogP contribution >= 0.6 is 0 Å². The summed E-state index contributed by atoms with van der Waals surface area (Å²) in [7, 11) is 3.19. The Labute approximate surface area is 166 Å². The summed E-state index contributed by atoms with van der Waals surface area (Å²) >= 11 is 0. The van der Waals surface area contributed by atoms with Crippen LogP contribution in [-0.4, -0.2) is 31.8 Å². The number of nitrogens with zero attached hydrogens (tertiary/aromatic N) is 1. The molecule has 0 aliphatic rings. The Bertz CT molecular complexity index is 767. The lowest BCUT2D eigenvalue weighted by Gasteiger charge is -2.18. The van der Waals surface area contributed by atoms with Gasteiger partial charge in [0.2, 0.25) is 5.88 Å². The number of hydrogen-bond donors (Lipinski definition) is 2. The topological polar surface area (TPSA) is 81.7 Å². The van der Waals surface area contributed by atoms with Gasteiger partial charge in [0.05, 0.1) is 26.9 Å². The average molecular weight is 387 g/mol. The minimum atomic E-state index is -0.284. The average Bonchev–Trinajstić information content (AvgIpc) is 2.72. The third kappa shape index (κ3) is 6.04. The van der Waals surface area contributed by atoms with Crippen molar-refractivity contribution in [2.75, 3.05) is 20.8 Å². The Kier molecular flexibility index (Phi) is 8.39. The number of nitrogens with one attached hydrogen (secondary N) is 2. The largest absolute Gasteiger partial charge is 0.497 e. The Hall–Kier alpha value is -2.96. The van der Waals surface area contributed by atoms with Crippen molar-refractivity contribution in [1.29, 1.82) is 0 Å². The predicted octanol–water partition coefficient (Wildman–Crippen LogP) is 3.84. The molecule has 1 heterocycles. The molecule has 0 bridgehead atoms. The SMILES string of the molecule is CCCCOc1ncccc1CNC(=O)NC(C)c1ccc(OC)cc1OC. The second kappa shape index (κ2) is 11.0. The van der Waals surface area contributed by atoms with Gasteiger partial charge in [-0.25, -0.2) is 9.78 Å². The van der Waals surface area contributed by atoms with Crippen molar-refractivity contribution in [1.82, 2.24) is 15.6 Å². The van der Waals surface area contributed by atoms with Crippen LogP contribution < -0.4 is 24.8 Å². The van der Waals surface area contributed by atoms with Crippen LogP contribution in [-0.2, 0) is 6.54 Å². The van der Waals surface area contributed by atoms with Crippen molar-refractivity contribution in [2.45, 2.75) is 39.3 Å². The van der Waals surface area contributed by atoms with Crippen LogP contribution in [0.4, 0.5) is 4.79 Å². The standard InChI is InChI=1S/C21H29N3O4/c1-5-6-12-28-20-16(8-7-11-22-20)14-23-21(25)24-15(2)18-10-9-17(26-3)13-19(18)27-4/h7-11,13,15H,5-6,12,14H2,1-4H3,(H2,23,24,25). The molecule has 1 aromatic heterocycles. The summed E-state index contributed by atoms with van der Waals surface area (Å²) in [6.45, 7) is 4.94. The lowest BCUT2D eigenvalue weighted by atomic mass is 10.1. The molecule has 1 atom stereocenters. The molecular formula is C21H29N3O4. The molecule has 0 fully saturated rings. The first-order chi connectivity index (χ1) is 13.6. The van der Waals surface area contributed by atoms with E-state index >= 15 is 0 Å². The third-order valence-electron chi connectivity index (χ3n) is 4.28. The molecule has 7 nitrogen and oxygen atoms in total. The lowest BCUT2D eigenvalue weighted by molar-refractivity contribution is 0.237. The van der Waals surface area contributed by atoms with Crippen LogP contribution in [0.15, 0.2) is 36.5 Å². The van der Waals surface area contributed by atoms with E-state index in [2.05, 4.69) is 22.5 Å². The van der Waals surface area contributed by atoms with Crippen molar-refractivity contribution in [3.8, 4) is 17.4 Å². The van der Waals surface area contributed by atoms with Gasteiger partial charge in [0.25, 0.3) is 0 Å². The van der Waals surface area contributed by atoms with Gasteiger partial charge in [0, 0.05) is 29.9 Å². The van der Waals surface area contributed by atoms with E-state index in [4.69, 9.17) is 14.2 Å². The number of methoxy groups -OCH3 is 2. The molecule has 0 saturated carbocycles. The molecule has 2 rings (SSSR count). The van der Waals surface area contributed by atoms with Crippen LogP contribution in [0.2, 0.25) is 0 Å². The maximum atomic E-state index is 12.3. The van der Waals surface area contributed by atoms with E-state index in [9.17, 15) is 4.79 Å². The number of rotatable bonds is 10. The molecule has 2 amide bonds. The molecule has 0 spiro atoms. The van der Waals surface area contributed by atoms with Gasteiger partial charge < -0.3 is 24.8 Å². The van der Waals surface area contributed by atoms with Crippen LogP contribution in [0.5, 0.6) is 17.4 Å². The van der Waals surface area contributed by atoms with Crippen molar-refractivity contribution in [3.63, 3.8) is 0 Å². The van der Waals surface area contributed by atoms with E-state index in [-0.39, 0.29) is 12.1 Å². The molecule has 28 heavy (non-hydrogen) atoms. The lowest BCUT2D eigenvalue weighted by Crippen LogP contribution is -2.36. The smallest absolute Gasteiger partial charge is 0.315 e. The van der Waals surface area contributed by atoms with Gasteiger partial charge in [-0.3, -0.25) is 0 Å². The van der Waals surface area contributed by atoms with Crippen molar-refractivity contribution in [2.24, 2.45) is 0 Å². The van der Waals surface area contributed by atoms with E-state index in [0.717, 1.165) is 24.0 Å². The summed E-state index contributed by atoms with van der Waals surface area (Å²) in [4.78, 5) is 16.6. The molecule has 7 heteroatoms.